The zero-order valence-electron chi connectivity index (χ0n) is 23.6. The smallest absolute Gasteiger partial charge is 0.369 e. The van der Waals surface area contributed by atoms with Crippen LogP contribution in [0.2, 0.25) is 0 Å². The fourth-order valence-electron chi connectivity index (χ4n) is 4.18. The molecule has 0 amide bonds. The molecule has 1 aromatic rings. The Labute approximate surface area is 221 Å². The first-order chi connectivity index (χ1) is 17.7. The zero-order valence-corrected chi connectivity index (χ0v) is 23.6. The highest BCUT2D eigenvalue weighted by Crippen LogP contribution is 2.35. The topological polar surface area (TPSA) is 111 Å². The molecule has 0 radical (unpaired) electrons. The predicted molar refractivity (Wildman–Crippen MR) is 139 cm³/mol. The molecule has 2 atom stereocenters. The molecule has 0 aliphatic heterocycles. The van der Waals surface area contributed by atoms with Crippen molar-refractivity contribution in [2.45, 2.75) is 72.5 Å². The summed E-state index contributed by atoms with van der Waals surface area (Å²) >= 11 is 0. The Morgan fingerprint density at radius 1 is 0.730 bits per heavy atom. The molecule has 10 heteroatoms. The number of carbonyl (C=O) groups excluding carboxylic acids is 2. The first-order valence-corrected chi connectivity index (χ1v) is 13.1. The molecule has 0 aliphatic carbocycles. The van der Waals surface area contributed by atoms with E-state index >= 15 is 0 Å². The van der Waals surface area contributed by atoms with Crippen LogP contribution < -0.4 is 10.1 Å². The van der Waals surface area contributed by atoms with Crippen LogP contribution in [-0.2, 0) is 38.0 Å². The number of methoxy groups -OCH3 is 1. The van der Waals surface area contributed by atoms with Crippen LogP contribution in [0.5, 0.6) is 5.75 Å². The van der Waals surface area contributed by atoms with E-state index in [2.05, 4.69) is 5.32 Å². The molecular weight excluding hydrogens is 482 g/mol. The SMILES string of the molecule is CCOC(=O)C(OCC)(OCC)[C@@H](C)C[C@@H](Nc1ccc(OC)cc1)C(OCC)(OCC)C(=O)OCC. The molecule has 0 heterocycles. The average molecular weight is 528 g/mol. The van der Waals surface area contributed by atoms with Crippen LogP contribution in [0, 0.1) is 5.92 Å². The molecule has 10 nitrogen and oxygen atoms in total. The van der Waals surface area contributed by atoms with Gasteiger partial charge in [0.15, 0.2) is 0 Å². The molecular formula is C27H45NO9. The summed E-state index contributed by atoms with van der Waals surface area (Å²) in [5.74, 6) is -4.74. The summed E-state index contributed by atoms with van der Waals surface area (Å²) in [4.78, 5) is 26.6. The summed E-state index contributed by atoms with van der Waals surface area (Å²) in [7, 11) is 1.58. The van der Waals surface area contributed by atoms with E-state index in [0.717, 1.165) is 0 Å². The largest absolute Gasteiger partial charge is 0.497 e. The van der Waals surface area contributed by atoms with E-state index < -0.39 is 35.5 Å². The number of anilines is 1. The van der Waals surface area contributed by atoms with Gasteiger partial charge in [-0.15, -0.1) is 0 Å². The van der Waals surface area contributed by atoms with Crippen LogP contribution in [0.3, 0.4) is 0 Å². The van der Waals surface area contributed by atoms with Crippen molar-refractivity contribution in [3.8, 4) is 5.75 Å². The first kappa shape index (κ1) is 32.6. The predicted octanol–water partition coefficient (Wildman–Crippen LogP) is 4.17. The van der Waals surface area contributed by atoms with E-state index in [1.165, 1.54) is 0 Å². The fourth-order valence-corrected chi connectivity index (χ4v) is 4.18. The molecule has 0 fully saturated rings. The quantitative estimate of drug-likeness (QED) is 0.208. The maximum absolute atomic E-state index is 13.4. The van der Waals surface area contributed by atoms with Crippen LogP contribution in [0.25, 0.3) is 0 Å². The van der Waals surface area contributed by atoms with Crippen LogP contribution in [0.1, 0.15) is 54.9 Å². The summed E-state index contributed by atoms with van der Waals surface area (Å²) in [6, 6.07) is 6.39. The van der Waals surface area contributed by atoms with E-state index in [-0.39, 0.29) is 46.1 Å². The monoisotopic (exact) mass is 527 g/mol. The number of benzene rings is 1. The Kier molecular flexibility index (Phi) is 14.5. The number of esters is 2. The molecule has 1 aromatic carbocycles. The molecule has 1 rings (SSSR count). The third-order valence-corrected chi connectivity index (χ3v) is 5.68. The minimum absolute atomic E-state index is 0.135. The number of hydrogen-bond donors (Lipinski definition) is 1. The van der Waals surface area contributed by atoms with Gasteiger partial charge in [0.05, 0.1) is 26.4 Å². The maximum Gasteiger partial charge on any atom is 0.369 e. The third kappa shape index (κ3) is 8.29. The second kappa shape index (κ2) is 16.4. The molecule has 0 aliphatic rings. The first-order valence-electron chi connectivity index (χ1n) is 13.1. The van der Waals surface area contributed by atoms with Crippen LogP contribution in [0.15, 0.2) is 24.3 Å². The van der Waals surface area contributed by atoms with Crippen molar-refractivity contribution in [3.63, 3.8) is 0 Å². The number of hydrogen-bond acceptors (Lipinski definition) is 10. The lowest BCUT2D eigenvalue weighted by molar-refractivity contribution is -0.274. The summed E-state index contributed by atoms with van der Waals surface area (Å²) in [5.41, 5.74) is 0.681. The van der Waals surface area contributed by atoms with Crippen molar-refractivity contribution in [2.24, 2.45) is 5.92 Å². The lowest BCUT2D eigenvalue weighted by Crippen LogP contribution is -2.60. The average Bonchev–Trinajstić information content (AvgIpc) is 2.88. The van der Waals surface area contributed by atoms with Crippen molar-refractivity contribution >= 4 is 17.6 Å². The molecule has 0 aromatic heterocycles. The Bertz CT molecular complexity index is 788. The fraction of sp³-hybridized carbons (Fsp3) is 0.704. The van der Waals surface area contributed by atoms with Crippen molar-refractivity contribution in [2.75, 3.05) is 52.1 Å². The van der Waals surface area contributed by atoms with Crippen molar-refractivity contribution in [1.82, 2.24) is 0 Å². The van der Waals surface area contributed by atoms with Gasteiger partial charge in [-0.2, -0.15) is 0 Å². The Morgan fingerprint density at radius 2 is 1.16 bits per heavy atom. The van der Waals surface area contributed by atoms with Gasteiger partial charge in [-0.25, -0.2) is 9.59 Å². The van der Waals surface area contributed by atoms with E-state index in [1.807, 2.05) is 12.1 Å². The second-order valence-electron chi connectivity index (χ2n) is 8.07. The molecule has 0 saturated carbocycles. The second-order valence-corrected chi connectivity index (χ2v) is 8.07. The highest BCUT2D eigenvalue weighted by atomic mass is 16.7. The van der Waals surface area contributed by atoms with Gasteiger partial charge in [-0.05, 0) is 72.2 Å². The highest BCUT2D eigenvalue weighted by Gasteiger charge is 2.55. The molecule has 0 unspecified atom stereocenters. The maximum atomic E-state index is 13.4. The molecule has 37 heavy (non-hydrogen) atoms. The standard InChI is InChI=1S/C27H45NO9/c1-9-32-24(29)26(34-11-3,35-12-4)20(7)19-23(28-21-15-17-22(31-8)18-16-21)27(36-13-5,37-14-6)25(30)33-10-2/h15-18,20,23,28H,9-14,19H2,1-8H3/t20-,23+/m0/s1. The van der Waals surface area contributed by atoms with Crippen LogP contribution in [0.4, 0.5) is 5.69 Å². The number of nitrogens with one attached hydrogen (secondary N) is 1. The summed E-state index contributed by atoms with van der Waals surface area (Å²) in [6.07, 6.45) is 0.156. The Balaban J connectivity index is 3.65. The van der Waals surface area contributed by atoms with Gasteiger partial charge in [-0.3, -0.25) is 0 Å². The number of ether oxygens (including phenoxy) is 7. The molecule has 0 spiro atoms. The number of carbonyl (C=O) groups is 2. The van der Waals surface area contributed by atoms with Gasteiger partial charge in [-0.1, -0.05) is 6.92 Å². The molecule has 0 saturated heterocycles. The normalized spacial score (nSPS) is 13.5. The van der Waals surface area contributed by atoms with E-state index in [0.29, 0.717) is 11.4 Å². The Morgan fingerprint density at radius 3 is 1.57 bits per heavy atom. The van der Waals surface area contributed by atoms with Crippen LogP contribution >= 0.6 is 0 Å². The van der Waals surface area contributed by atoms with Gasteiger partial charge < -0.3 is 38.5 Å². The van der Waals surface area contributed by atoms with Gasteiger partial charge in [0.1, 0.15) is 5.75 Å². The van der Waals surface area contributed by atoms with Gasteiger partial charge >= 0.3 is 11.9 Å². The van der Waals surface area contributed by atoms with Gasteiger partial charge in [0, 0.05) is 38.0 Å². The van der Waals surface area contributed by atoms with Gasteiger partial charge in [0.25, 0.3) is 11.6 Å². The molecule has 0 bridgehead atoms. The van der Waals surface area contributed by atoms with E-state index in [9.17, 15) is 9.59 Å². The minimum Gasteiger partial charge on any atom is -0.497 e. The van der Waals surface area contributed by atoms with Crippen molar-refractivity contribution in [1.29, 1.82) is 0 Å². The lowest BCUT2D eigenvalue weighted by atomic mass is 9.88. The number of rotatable bonds is 19. The minimum atomic E-state index is -1.81. The van der Waals surface area contributed by atoms with E-state index in [1.54, 1.807) is 67.7 Å². The molecule has 212 valence electrons. The summed E-state index contributed by atoms with van der Waals surface area (Å²) in [6.45, 7) is 13.4. The van der Waals surface area contributed by atoms with Crippen molar-refractivity contribution < 1.29 is 42.7 Å². The summed E-state index contributed by atoms with van der Waals surface area (Å²) < 4.78 is 39.9. The van der Waals surface area contributed by atoms with Crippen LogP contribution in [-0.4, -0.2) is 76.3 Å². The molecule has 1 N–H and O–H groups in total. The lowest BCUT2D eigenvalue weighted by Gasteiger charge is -2.42. The van der Waals surface area contributed by atoms with Gasteiger partial charge in [0.2, 0.25) is 0 Å². The third-order valence-electron chi connectivity index (χ3n) is 5.68. The highest BCUT2D eigenvalue weighted by molar-refractivity contribution is 5.80. The summed E-state index contributed by atoms with van der Waals surface area (Å²) in [5, 5.41) is 3.37. The van der Waals surface area contributed by atoms with E-state index in [4.69, 9.17) is 33.2 Å². The Hall–Kier alpha value is -2.40. The van der Waals surface area contributed by atoms with Crippen molar-refractivity contribution in [3.05, 3.63) is 24.3 Å². The zero-order chi connectivity index (χ0) is 27.9.